The molecule has 0 aromatic heterocycles. The van der Waals surface area contributed by atoms with Crippen LogP contribution >= 0.6 is 0 Å². The summed E-state index contributed by atoms with van der Waals surface area (Å²) in [4.78, 5) is 21.6. The zero-order valence-electron chi connectivity index (χ0n) is 13.6. The first kappa shape index (κ1) is 18.7. The molecule has 2 amide bonds. The van der Waals surface area contributed by atoms with Crippen molar-refractivity contribution in [2.24, 2.45) is 0 Å². The van der Waals surface area contributed by atoms with Crippen LogP contribution in [0.1, 0.15) is 37.7 Å². The van der Waals surface area contributed by atoms with E-state index in [0.717, 1.165) is 18.4 Å². The van der Waals surface area contributed by atoms with Crippen molar-refractivity contribution in [3.05, 3.63) is 61.2 Å². The van der Waals surface area contributed by atoms with Gasteiger partial charge in [0.1, 0.15) is 0 Å². The van der Waals surface area contributed by atoms with Gasteiger partial charge in [0.15, 0.2) is 0 Å². The van der Waals surface area contributed by atoms with Crippen LogP contribution in [0.4, 0.5) is 0 Å². The zero-order valence-corrected chi connectivity index (χ0v) is 13.6. The minimum Gasteiger partial charge on any atom is -0.350 e. The van der Waals surface area contributed by atoms with E-state index in [1.54, 1.807) is 0 Å². The summed E-state index contributed by atoms with van der Waals surface area (Å²) in [7, 11) is 0. The topological polar surface area (TPSA) is 58.2 Å². The average molecular weight is 314 g/mol. The van der Waals surface area contributed by atoms with Crippen LogP contribution in [-0.4, -0.2) is 17.9 Å². The fourth-order valence-electron chi connectivity index (χ4n) is 2.36. The molecule has 0 spiro atoms. The van der Waals surface area contributed by atoms with Gasteiger partial charge >= 0.3 is 0 Å². The van der Waals surface area contributed by atoms with E-state index in [0.29, 0.717) is 12.6 Å². The summed E-state index contributed by atoms with van der Waals surface area (Å²) in [5.74, 6) is -0.171. The smallest absolute Gasteiger partial charge is 0.243 e. The van der Waals surface area contributed by atoms with Crippen molar-refractivity contribution < 1.29 is 9.59 Å². The lowest BCUT2D eigenvalue weighted by Crippen LogP contribution is -2.34. The number of carbonyl (C=O) groups is 2. The van der Waals surface area contributed by atoms with Crippen molar-refractivity contribution in [2.75, 3.05) is 0 Å². The lowest BCUT2D eigenvalue weighted by atomic mass is 9.95. The minimum atomic E-state index is -0.140. The third-order valence-corrected chi connectivity index (χ3v) is 3.63. The maximum atomic E-state index is 10.9. The van der Waals surface area contributed by atoms with E-state index in [9.17, 15) is 9.59 Å². The van der Waals surface area contributed by atoms with Crippen LogP contribution < -0.4 is 10.6 Å². The predicted octanol–water partition coefficient (Wildman–Crippen LogP) is 3.11. The van der Waals surface area contributed by atoms with Crippen molar-refractivity contribution >= 4 is 11.8 Å². The molecule has 1 aliphatic carbocycles. The lowest BCUT2D eigenvalue weighted by molar-refractivity contribution is -0.117. The molecule has 23 heavy (non-hydrogen) atoms. The molecule has 0 unspecified atom stereocenters. The largest absolute Gasteiger partial charge is 0.350 e. The number of amides is 2. The van der Waals surface area contributed by atoms with Crippen LogP contribution in [-0.2, 0) is 16.1 Å². The Morgan fingerprint density at radius 3 is 2.17 bits per heavy atom. The molecule has 0 atom stereocenters. The number of hydrogen-bond donors (Lipinski definition) is 2. The highest BCUT2D eigenvalue weighted by atomic mass is 16.2. The fraction of sp³-hybridized carbons (Fsp3) is 0.368. The maximum absolute atomic E-state index is 10.9. The highest BCUT2D eigenvalue weighted by Crippen LogP contribution is 2.17. The Kier molecular flexibility index (Phi) is 9.13. The molecular weight excluding hydrogens is 288 g/mol. The van der Waals surface area contributed by atoms with Gasteiger partial charge in [-0.2, -0.15) is 0 Å². The van der Waals surface area contributed by atoms with Crippen molar-refractivity contribution in [3.63, 3.8) is 0 Å². The first-order valence-corrected chi connectivity index (χ1v) is 8.03. The SMILES string of the molecule is C=CC(=O)NC1CCCCC1.C=CC(=O)NCc1ccccc1. The Morgan fingerprint density at radius 2 is 1.61 bits per heavy atom. The minimum absolute atomic E-state index is 0.0306. The summed E-state index contributed by atoms with van der Waals surface area (Å²) >= 11 is 0. The number of hydrogen-bond acceptors (Lipinski definition) is 2. The Morgan fingerprint density at radius 1 is 1.00 bits per heavy atom. The molecule has 0 radical (unpaired) electrons. The molecule has 0 bridgehead atoms. The van der Waals surface area contributed by atoms with E-state index in [1.165, 1.54) is 31.4 Å². The molecule has 0 saturated heterocycles. The van der Waals surface area contributed by atoms with Crippen LogP contribution in [0.3, 0.4) is 0 Å². The van der Waals surface area contributed by atoms with Gasteiger partial charge in [-0.25, -0.2) is 0 Å². The third kappa shape index (κ3) is 8.61. The number of nitrogens with one attached hydrogen (secondary N) is 2. The van der Waals surface area contributed by atoms with Gasteiger partial charge in [-0.3, -0.25) is 9.59 Å². The summed E-state index contributed by atoms with van der Waals surface area (Å²) in [5, 5.41) is 5.60. The van der Waals surface area contributed by atoms with Gasteiger partial charge in [0.05, 0.1) is 0 Å². The third-order valence-electron chi connectivity index (χ3n) is 3.63. The standard InChI is InChI=1S/C10H11NO.C9H15NO/c1-2-10(12)11-8-9-6-4-3-5-7-9;1-2-9(11)10-8-6-4-3-5-7-8/h2-7H,1,8H2,(H,11,12);2,8H,1,3-7H2,(H,10,11). The van der Waals surface area contributed by atoms with E-state index in [-0.39, 0.29) is 11.8 Å². The quantitative estimate of drug-likeness (QED) is 0.821. The maximum Gasteiger partial charge on any atom is 0.243 e. The van der Waals surface area contributed by atoms with Crippen LogP contribution in [0.15, 0.2) is 55.6 Å². The second-order valence-electron chi connectivity index (χ2n) is 5.46. The molecule has 0 aliphatic heterocycles. The lowest BCUT2D eigenvalue weighted by Gasteiger charge is -2.21. The van der Waals surface area contributed by atoms with Crippen LogP contribution in [0.25, 0.3) is 0 Å². The van der Waals surface area contributed by atoms with Gasteiger partial charge in [0.25, 0.3) is 0 Å². The Labute approximate surface area is 138 Å². The van der Waals surface area contributed by atoms with E-state index in [4.69, 9.17) is 0 Å². The first-order valence-electron chi connectivity index (χ1n) is 8.03. The zero-order chi connectivity index (χ0) is 16.9. The molecule has 1 aliphatic rings. The number of benzene rings is 1. The average Bonchev–Trinajstić information content (AvgIpc) is 2.62. The van der Waals surface area contributed by atoms with Gasteiger partial charge in [-0.1, -0.05) is 62.8 Å². The second-order valence-corrected chi connectivity index (χ2v) is 5.46. The molecule has 0 heterocycles. The summed E-state index contributed by atoms with van der Waals surface area (Å²) in [6, 6.07) is 10.2. The molecule has 1 saturated carbocycles. The molecule has 4 nitrogen and oxygen atoms in total. The van der Waals surface area contributed by atoms with E-state index in [2.05, 4.69) is 23.8 Å². The summed E-state index contributed by atoms with van der Waals surface area (Å²) in [6.45, 7) is 7.34. The molecule has 1 fully saturated rings. The van der Waals surface area contributed by atoms with Crippen LogP contribution in [0.5, 0.6) is 0 Å². The molecule has 1 aromatic rings. The second kappa shape index (κ2) is 11.2. The molecule has 2 rings (SSSR count). The Bertz CT molecular complexity index is 505. The van der Waals surface area contributed by atoms with E-state index >= 15 is 0 Å². The van der Waals surface area contributed by atoms with Gasteiger partial charge in [0.2, 0.25) is 11.8 Å². The monoisotopic (exact) mass is 314 g/mol. The number of carbonyl (C=O) groups excluding carboxylic acids is 2. The molecular formula is C19H26N2O2. The first-order chi connectivity index (χ1) is 11.2. The van der Waals surface area contributed by atoms with E-state index < -0.39 is 0 Å². The molecule has 1 aromatic carbocycles. The molecule has 2 N–H and O–H groups in total. The van der Waals surface area contributed by atoms with Crippen molar-refractivity contribution in [1.82, 2.24) is 10.6 Å². The van der Waals surface area contributed by atoms with Crippen LogP contribution in [0, 0.1) is 0 Å². The van der Waals surface area contributed by atoms with Gasteiger partial charge < -0.3 is 10.6 Å². The van der Waals surface area contributed by atoms with Gasteiger partial charge in [0, 0.05) is 12.6 Å². The summed E-state index contributed by atoms with van der Waals surface area (Å²) in [5.41, 5.74) is 1.09. The summed E-state index contributed by atoms with van der Waals surface area (Å²) in [6.07, 6.45) is 8.71. The molecule has 4 heteroatoms. The highest BCUT2D eigenvalue weighted by Gasteiger charge is 2.13. The van der Waals surface area contributed by atoms with Crippen LogP contribution in [0.2, 0.25) is 0 Å². The van der Waals surface area contributed by atoms with Gasteiger partial charge in [-0.05, 0) is 30.6 Å². The van der Waals surface area contributed by atoms with Gasteiger partial charge in [-0.15, -0.1) is 0 Å². The van der Waals surface area contributed by atoms with Crippen molar-refractivity contribution in [1.29, 1.82) is 0 Å². The Balaban J connectivity index is 0.000000231. The normalized spacial score (nSPS) is 13.9. The van der Waals surface area contributed by atoms with E-state index in [1.807, 2.05) is 30.3 Å². The fourth-order valence-corrected chi connectivity index (χ4v) is 2.36. The Hall–Kier alpha value is -2.36. The van der Waals surface area contributed by atoms with Crippen molar-refractivity contribution in [2.45, 2.75) is 44.7 Å². The highest BCUT2D eigenvalue weighted by molar-refractivity contribution is 5.87. The van der Waals surface area contributed by atoms with Crippen molar-refractivity contribution in [3.8, 4) is 0 Å². The summed E-state index contributed by atoms with van der Waals surface area (Å²) < 4.78 is 0. The number of rotatable bonds is 5. The molecule has 124 valence electrons. The predicted molar refractivity (Wildman–Crippen MR) is 93.7 cm³/mol.